The molecule has 0 aliphatic carbocycles. The van der Waals surface area contributed by atoms with Gasteiger partial charge in [0.1, 0.15) is 0 Å². The Bertz CT molecular complexity index is 466. The van der Waals surface area contributed by atoms with Crippen molar-refractivity contribution in [2.75, 3.05) is 7.05 Å². The smallest absolute Gasteiger partial charge is 0.246 e. The molecule has 0 radical (unpaired) electrons. The van der Waals surface area contributed by atoms with Gasteiger partial charge >= 0.3 is 0 Å². The van der Waals surface area contributed by atoms with Crippen LogP contribution in [0, 0.1) is 0 Å². The minimum absolute atomic E-state index is 0.129. The number of likely N-dealkylation sites (tertiary alicyclic amines) is 1. The molecule has 1 saturated heterocycles. The summed E-state index contributed by atoms with van der Waals surface area (Å²) >= 11 is 0. The van der Waals surface area contributed by atoms with Crippen LogP contribution in [-0.4, -0.2) is 39.6 Å². The molecule has 1 atom stereocenters. The maximum atomic E-state index is 11.7. The molecule has 6 heteroatoms. The molecule has 2 heterocycles. The highest BCUT2D eigenvalue weighted by Crippen LogP contribution is 2.12. The highest BCUT2D eigenvalue weighted by Gasteiger charge is 2.35. The molecule has 18 heavy (non-hydrogen) atoms. The van der Waals surface area contributed by atoms with E-state index in [1.54, 1.807) is 6.20 Å². The predicted octanol–water partition coefficient (Wildman–Crippen LogP) is 0.311. The number of hydrogen-bond donors (Lipinski definition) is 1. The van der Waals surface area contributed by atoms with Gasteiger partial charge < -0.3 is 5.32 Å². The molecule has 2 rings (SSSR count). The summed E-state index contributed by atoms with van der Waals surface area (Å²) in [6, 6.07) is -0.0792. The molecule has 0 saturated carbocycles. The first-order chi connectivity index (χ1) is 8.49. The van der Waals surface area contributed by atoms with E-state index in [4.69, 9.17) is 0 Å². The first-order valence-electron chi connectivity index (χ1n) is 6.06. The maximum Gasteiger partial charge on any atom is 0.246 e. The molecule has 1 aromatic rings. The molecule has 0 bridgehead atoms. The van der Waals surface area contributed by atoms with E-state index in [1.165, 1.54) is 11.9 Å². The van der Waals surface area contributed by atoms with Crippen molar-refractivity contribution in [2.24, 2.45) is 0 Å². The summed E-state index contributed by atoms with van der Waals surface area (Å²) in [6.45, 7) is 4.65. The largest absolute Gasteiger partial charge is 0.301 e. The summed E-state index contributed by atoms with van der Waals surface area (Å²) in [5, 5.41) is 7.32. The monoisotopic (exact) mass is 250 g/mol. The quantitative estimate of drug-likeness (QED) is 0.781. The van der Waals surface area contributed by atoms with Crippen LogP contribution in [0.1, 0.15) is 31.9 Å². The Hall–Kier alpha value is -1.69. The van der Waals surface area contributed by atoms with E-state index in [0.29, 0.717) is 12.6 Å². The summed E-state index contributed by atoms with van der Waals surface area (Å²) < 4.78 is 1.87. The lowest BCUT2D eigenvalue weighted by Crippen LogP contribution is -2.36. The molecule has 1 N–H and O–H groups in total. The number of hydrogen-bond acceptors (Lipinski definition) is 4. The molecule has 2 amide bonds. The fraction of sp³-hybridized carbons (Fsp3) is 0.583. The number of rotatable bonds is 4. The van der Waals surface area contributed by atoms with Crippen LogP contribution in [0.3, 0.4) is 0 Å². The standard InChI is InChI=1S/C12H18N4O2/c1-8(2)16-7-9(6-14-16)5-13-10-4-11(17)15(3)12(10)18/h6-8,10,13H,4-5H2,1-3H3. The second-order valence-corrected chi connectivity index (χ2v) is 4.85. The Balaban J connectivity index is 1.92. The number of carbonyl (C=O) groups excluding carboxylic acids is 2. The molecule has 6 nitrogen and oxygen atoms in total. The van der Waals surface area contributed by atoms with Gasteiger partial charge in [-0.1, -0.05) is 0 Å². The van der Waals surface area contributed by atoms with Gasteiger partial charge in [0, 0.05) is 31.4 Å². The predicted molar refractivity (Wildman–Crippen MR) is 65.6 cm³/mol. The van der Waals surface area contributed by atoms with Gasteiger partial charge in [0.05, 0.1) is 18.7 Å². The van der Waals surface area contributed by atoms with Crippen LogP contribution in [-0.2, 0) is 16.1 Å². The van der Waals surface area contributed by atoms with Gasteiger partial charge in [-0.3, -0.25) is 19.2 Å². The molecule has 1 aliphatic heterocycles. The van der Waals surface area contributed by atoms with Crippen molar-refractivity contribution < 1.29 is 9.59 Å². The minimum Gasteiger partial charge on any atom is -0.301 e. The number of nitrogens with one attached hydrogen (secondary N) is 1. The molecule has 0 spiro atoms. The zero-order valence-corrected chi connectivity index (χ0v) is 10.9. The third kappa shape index (κ3) is 2.43. The van der Waals surface area contributed by atoms with Crippen molar-refractivity contribution in [1.82, 2.24) is 20.0 Å². The fourth-order valence-electron chi connectivity index (χ4n) is 1.91. The van der Waals surface area contributed by atoms with E-state index in [0.717, 1.165) is 5.56 Å². The van der Waals surface area contributed by atoms with Crippen LogP contribution in [0.4, 0.5) is 0 Å². The van der Waals surface area contributed by atoms with E-state index >= 15 is 0 Å². The lowest BCUT2D eigenvalue weighted by atomic mass is 10.2. The maximum absolute atomic E-state index is 11.7. The Morgan fingerprint density at radius 1 is 1.50 bits per heavy atom. The SMILES string of the molecule is CC(C)n1cc(CNC2CC(=O)N(C)C2=O)cn1. The van der Waals surface area contributed by atoms with Crippen molar-refractivity contribution in [2.45, 2.75) is 38.9 Å². The van der Waals surface area contributed by atoms with Crippen LogP contribution in [0.25, 0.3) is 0 Å². The van der Waals surface area contributed by atoms with Gasteiger partial charge in [-0.2, -0.15) is 5.10 Å². The lowest BCUT2D eigenvalue weighted by molar-refractivity contribution is -0.137. The lowest BCUT2D eigenvalue weighted by Gasteiger charge is -2.09. The van der Waals surface area contributed by atoms with Gasteiger partial charge in [-0.25, -0.2) is 0 Å². The average Bonchev–Trinajstić information content (AvgIpc) is 2.88. The molecule has 1 unspecified atom stereocenters. The van der Waals surface area contributed by atoms with Gasteiger partial charge in [-0.15, -0.1) is 0 Å². The first kappa shape index (κ1) is 12.8. The third-order valence-corrected chi connectivity index (χ3v) is 3.12. The number of amides is 2. The van der Waals surface area contributed by atoms with E-state index in [1.807, 2.05) is 10.9 Å². The van der Waals surface area contributed by atoms with Gasteiger partial charge in [-0.05, 0) is 13.8 Å². The van der Waals surface area contributed by atoms with Crippen molar-refractivity contribution in [3.05, 3.63) is 18.0 Å². The molecule has 98 valence electrons. The highest BCUT2D eigenvalue weighted by atomic mass is 16.2. The summed E-state index contributed by atoms with van der Waals surface area (Å²) in [6.07, 6.45) is 3.97. The van der Waals surface area contributed by atoms with Crippen LogP contribution >= 0.6 is 0 Å². The molecule has 1 aliphatic rings. The Morgan fingerprint density at radius 2 is 2.22 bits per heavy atom. The van der Waals surface area contributed by atoms with Crippen LogP contribution < -0.4 is 5.32 Å². The van der Waals surface area contributed by atoms with Crippen LogP contribution in [0.5, 0.6) is 0 Å². The summed E-state index contributed by atoms with van der Waals surface area (Å²) in [5.74, 6) is -0.286. The van der Waals surface area contributed by atoms with Crippen molar-refractivity contribution in [1.29, 1.82) is 0 Å². The summed E-state index contributed by atoms with van der Waals surface area (Å²) in [5.41, 5.74) is 1.01. The van der Waals surface area contributed by atoms with Crippen molar-refractivity contribution >= 4 is 11.8 Å². The molecule has 0 aromatic carbocycles. The van der Waals surface area contributed by atoms with Gasteiger partial charge in [0.2, 0.25) is 11.8 Å². The van der Waals surface area contributed by atoms with Gasteiger partial charge in [0.15, 0.2) is 0 Å². The number of likely N-dealkylation sites (N-methyl/N-ethyl adjacent to an activating group) is 1. The van der Waals surface area contributed by atoms with Crippen molar-refractivity contribution in [3.63, 3.8) is 0 Å². The number of carbonyl (C=O) groups is 2. The summed E-state index contributed by atoms with van der Waals surface area (Å²) in [4.78, 5) is 24.2. The second kappa shape index (κ2) is 4.89. The first-order valence-corrected chi connectivity index (χ1v) is 6.06. The van der Waals surface area contributed by atoms with E-state index < -0.39 is 6.04 Å². The molecule has 1 fully saturated rings. The number of imide groups is 1. The normalized spacial score (nSPS) is 20.2. The Labute approximate surface area is 106 Å². The zero-order valence-electron chi connectivity index (χ0n) is 10.9. The zero-order chi connectivity index (χ0) is 13.3. The average molecular weight is 250 g/mol. The van der Waals surface area contributed by atoms with E-state index in [2.05, 4.69) is 24.3 Å². The highest BCUT2D eigenvalue weighted by molar-refractivity contribution is 6.05. The Morgan fingerprint density at radius 3 is 2.72 bits per heavy atom. The molecular weight excluding hydrogens is 232 g/mol. The number of nitrogens with zero attached hydrogens (tertiary/aromatic N) is 3. The fourth-order valence-corrected chi connectivity index (χ4v) is 1.91. The van der Waals surface area contributed by atoms with E-state index in [-0.39, 0.29) is 18.2 Å². The number of aromatic nitrogens is 2. The molecule has 1 aromatic heterocycles. The molecular formula is C12H18N4O2. The van der Waals surface area contributed by atoms with Gasteiger partial charge in [0.25, 0.3) is 0 Å². The van der Waals surface area contributed by atoms with Crippen molar-refractivity contribution in [3.8, 4) is 0 Å². The third-order valence-electron chi connectivity index (χ3n) is 3.12. The minimum atomic E-state index is -0.398. The van der Waals surface area contributed by atoms with Crippen LogP contribution in [0.2, 0.25) is 0 Å². The summed E-state index contributed by atoms with van der Waals surface area (Å²) in [7, 11) is 1.52. The van der Waals surface area contributed by atoms with E-state index in [9.17, 15) is 9.59 Å². The topological polar surface area (TPSA) is 67.2 Å². The second-order valence-electron chi connectivity index (χ2n) is 4.85. The van der Waals surface area contributed by atoms with Crippen LogP contribution in [0.15, 0.2) is 12.4 Å². The Kier molecular flexibility index (Phi) is 3.47.